The molecule has 1 aliphatic heterocycles. The van der Waals surface area contributed by atoms with Gasteiger partial charge in [-0.1, -0.05) is 5.16 Å². The van der Waals surface area contributed by atoms with Gasteiger partial charge in [0.05, 0.1) is 18.3 Å². The summed E-state index contributed by atoms with van der Waals surface area (Å²) in [6, 6.07) is 1.70. The molecule has 1 aliphatic rings. The molecule has 0 aliphatic carbocycles. The fourth-order valence-electron chi connectivity index (χ4n) is 2.11. The number of aryl methyl sites for hydroxylation is 1. The van der Waals surface area contributed by atoms with E-state index in [0.29, 0.717) is 18.5 Å². The Labute approximate surface area is 106 Å². The number of piperidine rings is 1. The van der Waals surface area contributed by atoms with Crippen molar-refractivity contribution < 1.29 is 14.1 Å². The number of nitrogens with zero attached hydrogens (tertiary/aromatic N) is 2. The molecule has 1 N–H and O–H groups in total. The van der Waals surface area contributed by atoms with Gasteiger partial charge in [-0.15, -0.1) is 0 Å². The number of methoxy groups -OCH3 is 1. The van der Waals surface area contributed by atoms with Crippen LogP contribution in [-0.2, 0) is 9.53 Å². The molecule has 0 unspecified atom stereocenters. The molecule has 1 amide bonds. The zero-order valence-corrected chi connectivity index (χ0v) is 10.8. The van der Waals surface area contributed by atoms with E-state index in [1.807, 2.05) is 6.92 Å². The lowest BCUT2D eigenvalue weighted by Crippen LogP contribution is -2.41. The monoisotopic (exact) mass is 253 g/mol. The zero-order chi connectivity index (χ0) is 13.0. The summed E-state index contributed by atoms with van der Waals surface area (Å²) in [6.45, 7) is 3.98. The number of hydrogen-bond acceptors (Lipinski definition) is 5. The second-order valence-electron chi connectivity index (χ2n) is 4.59. The van der Waals surface area contributed by atoms with Gasteiger partial charge < -0.3 is 9.26 Å². The van der Waals surface area contributed by atoms with Gasteiger partial charge in [-0.05, 0) is 19.8 Å². The summed E-state index contributed by atoms with van der Waals surface area (Å²) in [5, 5.41) is 6.41. The summed E-state index contributed by atoms with van der Waals surface area (Å²) in [5.74, 6) is 0.339. The van der Waals surface area contributed by atoms with Crippen LogP contribution in [0.4, 0.5) is 5.88 Å². The van der Waals surface area contributed by atoms with E-state index in [2.05, 4.69) is 15.4 Å². The van der Waals surface area contributed by atoms with Crippen molar-refractivity contribution in [3.8, 4) is 0 Å². The molecule has 1 aromatic rings. The number of hydrogen-bond donors (Lipinski definition) is 1. The van der Waals surface area contributed by atoms with Crippen LogP contribution in [0, 0.1) is 6.92 Å². The van der Waals surface area contributed by atoms with Gasteiger partial charge in [-0.25, -0.2) is 0 Å². The highest BCUT2D eigenvalue weighted by Crippen LogP contribution is 2.13. The van der Waals surface area contributed by atoms with Crippen LogP contribution in [0.25, 0.3) is 0 Å². The van der Waals surface area contributed by atoms with Gasteiger partial charge in [0.2, 0.25) is 11.8 Å². The average molecular weight is 253 g/mol. The smallest absolute Gasteiger partial charge is 0.240 e. The first kappa shape index (κ1) is 13.0. The molecule has 0 aromatic carbocycles. The molecule has 0 radical (unpaired) electrons. The van der Waals surface area contributed by atoms with Crippen LogP contribution in [0.2, 0.25) is 0 Å². The van der Waals surface area contributed by atoms with Gasteiger partial charge in [-0.3, -0.25) is 15.0 Å². The fourth-order valence-corrected chi connectivity index (χ4v) is 2.11. The second kappa shape index (κ2) is 5.97. The highest BCUT2D eigenvalue weighted by atomic mass is 16.5. The van der Waals surface area contributed by atoms with Crippen molar-refractivity contribution in [1.29, 1.82) is 0 Å². The molecule has 100 valence electrons. The van der Waals surface area contributed by atoms with E-state index in [9.17, 15) is 4.79 Å². The van der Waals surface area contributed by atoms with Gasteiger partial charge in [0.25, 0.3) is 0 Å². The van der Waals surface area contributed by atoms with Crippen LogP contribution >= 0.6 is 0 Å². The van der Waals surface area contributed by atoms with Crippen molar-refractivity contribution in [3.63, 3.8) is 0 Å². The lowest BCUT2D eigenvalue weighted by atomic mass is 10.1. The number of ether oxygens (including phenoxy) is 1. The fraction of sp³-hybridized carbons (Fsp3) is 0.667. The van der Waals surface area contributed by atoms with Crippen LogP contribution < -0.4 is 5.32 Å². The molecule has 0 atom stereocenters. The summed E-state index contributed by atoms with van der Waals surface area (Å²) in [5.41, 5.74) is 0.756. The van der Waals surface area contributed by atoms with Gasteiger partial charge in [0.15, 0.2) is 0 Å². The molecule has 1 fully saturated rings. The number of carbonyl (C=O) groups is 1. The molecule has 1 aromatic heterocycles. The number of aromatic nitrogens is 1. The lowest BCUT2D eigenvalue weighted by Gasteiger charge is -2.30. The molecular formula is C12H19N3O3. The molecule has 1 saturated heterocycles. The predicted molar refractivity (Wildman–Crippen MR) is 66.3 cm³/mol. The summed E-state index contributed by atoms with van der Waals surface area (Å²) in [7, 11) is 1.74. The topological polar surface area (TPSA) is 67.6 Å². The largest absolute Gasteiger partial charge is 0.381 e. The molecule has 2 heterocycles. The van der Waals surface area contributed by atoms with Gasteiger partial charge in [0, 0.05) is 26.3 Å². The minimum absolute atomic E-state index is 0.0676. The Hall–Kier alpha value is -1.40. The molecule has 18 heavy (non-hydrogen) atoms. The van der Waals surface area contributed by atoms with Crippen molar-refractivity contribution in [2.45, 2.75) is 25.9 Å². The molecule has 6 nitrogen and oxygen atoms in total. The average Bonchev–Trinajstić information content (AvgIpc) is 2.75. The van der Waals surface area contributed by atoms with Crippen molar-refractivity contribution in [1.82, 2.24) is 10.1 Å². The summed E-state index contributed by atoms with van der Waals surface area (Å²) in [4.78, 5) is 13.9. The maximum atomic E-state index is 11.8. The van der Waals surface area contributed by atoms with Crippen molar-refractivity contribution >= 4 is 11.8 Å². The number of nitrogens with one attached hydrogen (secondary N) is 1. The Morgan fingerprint density at radius 2 is 2.33 bits per heavy atom. The van der Waals surface area contributed by atoms with E-state index in [0.717, 1.165) is 31.6 Å². The van der Waals surface area contributed by atoms with Crippen molar-refractivity contribution in [3.05, 3.63) is 11.8 Å². The SMILES string of the molecule is COC1CCN(CC(=O)Nc2cc(C)no2)CC1. The van der Waals surface area contributed by atoms with Gasteiger partial charge in [0.1, 0.15) is 0 Å². The Morgan fingerprint density at radius 3 is 2.89 bits per heavy atom. The normalized spacial score (nSPS) is 17.9. The van der Waals surface area contributed by atoms with Crippen LogP contribution in [0.5, 0.6) is 0 Å². The Kier molecular flexibility index (Phi) is 4.33. The quantitative estimate of drug-likeness (QED) is 0.868. The van der Waals surface area contributed by atoms with E-state index in [-0.39, 0.29) is 5.91 Å². The Bertz CT molecular complexity index is 397. The van der Waals surface area contributed by atoms with Crippen molar-refractivity contribution in [2.75, 3.05) is 32.1 Å². The Balaban J connectivity index is 1.75. The predicted octanol–water partition coefficient (Wildman–Crippen LogP) is 1.03. The van der Waals surface area contributed by atoms with E-state index >= 15 is 0 Å². The van der Waals surface area contributed by atoms with Gasteiger partial charge in [-0.2, -0.15) is 0 Å². The minimum atomic E-state index is -0.0676. The standard InChI is InChI=1S/C12H19N3O3/c1-9-7-12(18-14-9)13-11(16)8-15-5-3-10(17-2)4-6-15/h7,10H,3-6,8H2,1-2H3,(H,13,16). The van der Waals surface area contributed by atoms with E-state index in [1.165, 1.54) is 0 Å². The number of anilines is 1. The van der Waals surface area contributed by atoms with Crippen LogP contribution in [-0.4, -0.2) is 48.8 Å². The third-order valence-corrected chi connectivity index (χ3v) is 3.13. The molecular weight excluding hydrogens is 234 g/mol. The second-order valence-corrected chi connectivity index (χ2v) is 4.59. The summed E-state index contributed by atoms with van der Waals surface area (Å²) >= 11 is 0. The molecule has 6 heteroatoms. The van der Waals surface area contributed by atoms with Crippen LogP contribution in [0.1, 0.15) is 18.5 Å². The third-order valence-electron chi connectivity index (χ3n) is 3.13. The number of amides is 1. The van der Waals surface area contributed by atoms with Crippen LogP contribution in [0.15, 0.2) is 10.6 Å². The minimum Gasteiger partial charge on any atom is -0.381 e. The number of rotatable bonds is 4. The Morgan fingerprint density at radius 1 is 1.61 bits per heavy atom. The molecule has 2 rings (SSSR count). The van der Waals surface area contributed by atoms with E-state index < -0.39 is 0 Å². The summed E-state index contributed by atoms with van der Waals surface area (Å²) in [6.07, 6.45) is 2.29. The first-order valence-electron chi connectivity index (χ1n) is 6.15. The summed E-state index contributed by atoms with van der Waals surface area (Å²) < 4.78 is 10.2. The zero-order valence-electron chi connectivity index (χ0n) is 10.8. The molecule has 0 bridgehead atoms. The van der Waals surface area contributed by atoms with Gasteiger partial charge >= 0.3 is 0 Å². The van der Waals surface area contributed by atoms with E-state index in [4.69, 9.17) is 9.26 Å². The highest BCUT2D eigenvalue weighted by molar-refractivity contribution is 5.90. The molecule has 0 saturated carbocycles. The number of likely N-dealkylation sites (tertiary alicyclic amines) is 1. The maximum absolute atomic E-state index is 11.8. The lowest BCUT2D eigenvalue weighted by molar-refractivity contribution is -0.118. The number of carbonyl (C=O) groups excluding carboxylic acids is 1. The van der Waals surface area contributed by atoms with Crippen molar-refractivity contribution in [2.24, 2.45) is 0 Å². The third kappa shape index (κ3) is 3.54. The highest BCUT2D eigenvalue weighted by Gasteiger charge is 2.20. The first-order valence-corrected chi connectivity index (χ1v) is 6.15. The maximum Gasteiger partial charge on any atom is 0.240 e. The van der Waals surface area contributed by atoms with Crippen LogP contribution in [0.3, 0.4) is 0 Å². The molecule has 0 spiro atoms. The first-order chi connectivity index (χ1) is 8.67. The van der Waals surface area contributed by atoms with E-state index in [1.54, 1.807) is 13.2 Å².